The van der Waals surface area contributed by atoms with Crippen LogP contribution >= 0.6 is 0 Å². The summed E-state index contributed by atoms with van der Waals surface area (Å²) in [5, 5.41) is 15.0. The van der Waals surface area contributed by atoms with Crippen LogP contribution in [0.2, 0.25) is 0 Å². The molecule has 2 heterocycles. The molecule has 0 bridgehead atoms. The third-order valence-corrected chi connectivity index (χ3v) is 6.44. The monoisotopic (exact) mass is 448 g/mol. The fourth-order valence-corrected chi connectivity index (χ4v) is 4.98. The highest BCUT2D eigenvalue weighted by atomic mass is 16.5. The average Bonchev–Trinajstić information content (AvgIpc) is 2.82. The molecule has 0 aliphatic heterocycles. The number of aromatic nitrogens is 2. The zero-order chi connectivity index (χ0) is 23.9. The zero-order valence-corrected chi connectivity index (χ0v) is 20.1. The van der Waals surface area contributed by atoms with Gasteiger partial charge in [-0.05, 0) is 48.1 Å². The maximum atomic E-state index is 10.6. The van der Waals surface area contributed by atoms with Crippen LogP contribution in [0, 0.1) is 5.92 Å². The van der Waals surface area contributed by atoms with Crippen molar-refractivity contribution in [3.05, 3.63) is 79.0 Å². The number of pyridine rings is 2. The molecule has 0 fully saturated rings. The van der Waals surface area contributed by atoms with E-state index in [9.17, 15) is 5.11 Å². The van der Waals surface area contributed by atoms with Crippen molar-refractivity contribution in [2.75, 3.05) is 0 Å². The minimum Gasteiger partial charge on any atom is -0.429 e. The van der Waals surface area contributed by atoms with Gasteiger partial charge in [-0.1, -0.05) is 74.5 Å². The van der Waals surface area contributed by atoms with E-state index in [0.29, 0.717) is 7.48 Å². The van der Waals surface area contributed by atoms with Crippen LogP contribution in [0.5, 0.6) is 0 Å². The summed E-state index contributed by atoms with van der Waals surface area (Å²) in [4.78, 5) is 9.65. The Morgan fingerprint density at radius 1 is 0.824 bits per heavy atom. The summed E-state index contributed by atoms with van der Waals surface area (Å²) in [5.41, 5.74) is 4.03. The Hall–Kier alpha value is -3.28. The van der Waals surface area contributed by atoms with Crippen LogP contribution in [0.25, 0.3) is 43.8 Å². The number of nitrogens with zero attached hydrogens (tertiary/aromatic N) is 2. The predicted octanol–water partition coefficient (Wildman–Crippen LogP) is 5.39. The van der Waals surface area contributed by atoms with Crippen molar-refractivity contribution in [3.8, 4) is 11.3 Å². The zero-order valence-electron chi connectivity index (χ0n) is 20.1. The Morgan fingerprint density at radius 3 is 2.26 bits per heavy atom. The van der Waals surface area contributed by atoms with Crippen molar-refractivity contribution in [1.82, 2.24) is 9.97 Å². The fraction of sp³-hybridized carbons (Fsp3) is 0.241. The van der Waals surface area contributed by atoms with Crippen molar-refractivity contribution in [1.29, 1.82) is 0 Å². The number of aliphatic hydroxyl groups is 1. The van der Waals surface area contributed by atoms with Crippen LogP contribution in [-0.2, 0) is 4.65 Å². The van der Waals surface area contributed by atoms with E-state index < -0.39 is 5.60 Å². The smallest absolute Gasteiger partial charge is 0.309 e. The van der Waals surface area contributed by atoms with E-state index >= 15 is 0 Å². The Kier molecular flexibility index (Phi) is 5.84. The first-order valence-corrected chi connectivity index (χ1v) is 11.8. The predicted molar refractivity (Wildman–Crippen MR) is 143 cm³/mol. The lowest BCUT2D eigenvalue weighted by Gasteiger charge is -2.33. The molecule has 0 saturated carbocycles. The highest BCUT2D eigenvalue weighted by Gasteiger charge is 2.30. The molecule has 0 spiro atoms. The molecular weight excluding hydrogens is 419 g/mol. The molecule has 2 aromatic heterocycles. The van der Waals surface area contributed by atoms with Crippen LogP contribution in [0.1, 0.15) is 27.7 Å². The third kappa shape index (κ3) is 4.17. The summed E-state index contributed by atoms with van der Waals surface area (Å²) in [7, 11) is 0.438. The first kappa shape index (κ1) is 22.5. The lowest BCUT2D eigenvalue weighted by molar-refractivity contribution is -0.0534. The molecule has 0 saturated heterocycles. The van der Waals surface area contributed by atoms with Gasteiger partial charge in [-0.2, -0.15) is 0 Å². The van der Waals surface area contributed by atoms with Gasteiger partial charge in [-0.25, -0.2) is 4.98 Å². The van der Waals surface area contributed by atoms with E-state index in [0.717, 1.165) is 49.3 Å². The summed E-state index contributed by atoms with van der Waals surface area (Å²) < 4.78 is 6.24. The lowest BCUT2D eigenvalue weighted by Crippen LogP contribution is -2.44. The molecule has 1 N–H and O–H groups in total. The fourth-order valence-electron chi connectivity index (χ4n) is 4.98. The van der Waals surface area contributed by atoms with Gasteiger partial charge >= 0.3 is 7.48 Å². The molecule has 170 valence electrons. The molecule has 5 aromatic rings. The van der Waals surface area contributed by atoms with Gasteiger partial charge in [0.05, 0.1) is 28.4 Å². The van der Waals surface area contributed by atoms with Crippen molar-refractivity contribution in [2.45, 2.75) is 39.4 Å². The van der Waals surface area contributed by atoms with Gasteiger partial charge in [-0.15, -0.1) is 0 Å². The van der Waals surface area contributed by atoms with Gasteiger partial charge in [0.1, 0.15) is 0 Å². The van der Waals surface area contributed by atoms with Crippen molar-refractivity contribution in [2.24, 2.45) is 5.92 Å². The van der Waals surface area contributed by atoms with Gasteiger partial charge in [0.25, 0.3) is 0 Å². The number of rotatable bonds is 6. The normalized spacial score (nSPS) is 13.1. The minimum absolute atomic E-state index is 0.204. The first-order chi connectivity index (χ1) is 16.3. The molecule has 5 heteroatoms. The second-order valence-electron chi connectivity index (χ2n) is 9.86. The van der Waals surface area contributed by atoms with Crippen LogP contribution in [0.15, 0.2) is 79.0 Å². The van der Waals surface area contributed by atoms with Crippen molar-refractivity contribution in [3.63, 3.8) is 0 Å². The maximum absolute atomic E-state index is 10.6. The molecule has 0 radical (unpaired) electrons. The van der Waals surface area contributed by atoms with Crippen LogP contribution in [0.3, 0.4) is 0 Å². The molecular formula is C29H29BN2O2. The Morgan fingerprint density at radius 2 is 1.53 bits per heavy atom. The molecule has 0 aliphatic carbocycles. The number of hydrogen-bond donors (Lipinski definition) is 1. The van der Waals surface area contributed by atoms with E-state index in [1.165, 1.54) is 0 Å². The number of benzene rings is 3. The van der Waals surface area contributed by atoms with E-state index in [1.54, 1.807) is 0 Å². The molecule has 3 aromatic carbocycles. The quantitative estimate of drug-likeness (QED) is 0.280. The van der Waals surface area contributed by atoms with Crippen LogP contribution in [0.4, 0.5) is 0 Å². The Bertz CT molecular complexity index is 1490. The van der Waals surface area contributed by atoms with E-state index in [-0.39, 0.29) is 12.0 Å². The molecule has 4 nitrogen and oxygen atoms in total. The summed E-state index contributed by atoms with van der Waals surface area (Å²) in [5.74, 6) is 0.204. The Balaban J connectivity index is 1.58. The third-order valence-electron chi connectivity index (χ3n) is 6.44. The van der Waals surface area contributed by atoms with Gasteiger partial charge in [-0.3, -0.25) is 4.98 Å². The van der Waals surface area contributed by atoms with Crippen molar-refractivity contribution < 1.29 is 9.76 Å². The van der Waals surface area contributed by atoms with E-state index in [2.05, 4.69) is 85.6 Å². The highest BCUT2D eigenvalue weighted by molar-refractivity contribution is 6.51. The number of hydrogen-bond acceptors (Lipinski definition) is 4. The number of fused-ring (bicyclic) bond motifs is 4. The highest BCUT2D eigenvalue weighted by Crippen LogP contribution is 2.30. The summed E-state index contributed by atoms with van der Waals surface area (Å²) in [6.07, 6.45) is 1.56. The van der Waals surface area contributed by atoms with Crippen molar-refractivity contribution >= 4 is 45.5 Å². The average molecular weight is 448 g/mol. The molecule has 5 rings (SSSR count). The minimum atomic E-state index is -0.907. The molecule has 34 heavy (non-hydrogen) atoms. The summed E-state index contributed by atoms with van der Waals surface area (Å²) >= 11 is 0. The lowest BCUT2D eigenvalue weighted by atomic mass is 9.80. The first-order valence-electron chi connectivity index (χ1n) is 11.8. The molecule has 0 amide bonds. The van der Waals surface area contributed by atoms with Crippen LogP contribution < -0.4 is 5.46 Å². The second-order valence-corrected chi connectivity index (χ2v) is 9.86. The molecule has 1 atom stereocenters. The summed E-state index contributed by atoms with van der Waals surface area (Å²) in [6, 6.07) is 25.0. The second kappa shape index (κ2) is 8.82. The molecule has 1 unspecified atom stereocenters. The van der Waals surface area contributed by atoms with Crippen LogP contribution in [-0.4, -0.2) is 34.3 Å². The van der Waals surface area contributed by atoms with Gasteiger partial charge < -0.3 is 9.76 Å². The largest absolute Gasteiger partial charge is 0.429 e. The standard InChI is InChI=1S/C29H29BN2O2/c1-18(2)28(29(3,4)33)34-30-24-15-14-23(21-9-5-6-10-22(21)24)25-16-13-20-12-11-19-8-7-17-31-26(19)27(20)32-25/h5-18,28,30,33H,1-4H3. The maximum Gasteiger partial charge on any atom is 0.309 e. The topological polar surface area (TPSA) is 55.2 Å². The van der Waals surface area contributed by atoms with Gasteiger partial charge in [0.15, 0.2) is 0 Å². The van der Waals surface area contributed by atoms with Gasteiger partial charge in [0, 0.05) is 22.5 Å². The Labute approximate surface area is 200 Å². The van der Waals surface area contributed by atoms with Gasteiger partial charge in [0.2, 0.25) is 0 Å². The molecule has 0 aliphatic rings. The summed E-state index contributed by atoms with van der Waals surface area (Å²) in [6.45, 7) is 7.77. The van der Waals surface area contributed by atoms with E-state index in [1.807, 2.05) is 26.1 Å². The van der Waals surface area contributed by atoms with E-state index in [4.69, 9.17) is 9.64 Å². The SMILES string of the molecule is CC(C)C(OBc1ccc(-c2ccc3ccc4cccnc4c3n2)c2ccccc12)C(C)(C)O.